The van der Waals surface area contributed by atoms with Gasteiger partial charge in [-0.25, -0.2) is 0 Å². The Balaban J connectivity index is 1.34. The van der Waals surface area contributed by atoms with Crippen molar-refractivity contribution in [3.8, 4) is 0 Å². The zero-order chi connectivity index (χ0) is 41.3. The molecule has 0 spiro atoms. The summed E-state index contributed by atoms with van der Waals surface area (Å²) >= 11 is 0. The van der Waals surface area contributed by atoms with Gasteiger partial charge in [-0.2, -0.15) is 0 Å². The molecule has 0 aromatic heterocycles. The van der Waals surface area contributed by atoms with Crippen LogP contribution in [0.5, 0.6) is 0 Å². The van der Waals surface area contributed by atoms with Crippen LogP contribution in [0.1, 0.15) is 0 Å². The number of ether oxygens (including phenoxy) is 9. The third-order valence-corrected chi connectivity index (χ3v) is 10.3. The second-order valence-corrected chi connectivity index (χ2v) is 13.9. The standard InChI is InChI=1S/C30H52O26/c31-1-6-11(36)16(41)17(42)27(49-6)54-23-13(38)8(3-33)51-29(19(23)44)56-25-15(40)10(5-35)52-30(21(25)46)55-24-14(39)9(4-34)50-28(20(24)45)53-22-12(37)7(2-32)48-26(47)18(22)43/h6-47H,1-5H2/t6-,7-,8-,9-,10-,11-,12-,13-,14-,15-,16+,17-,18+,19-,20-,21-,22+,23+,24+,25+,26?,27+,28+,29+,30+/m1/s1. The largest absolute Gasteiger partial charge is 0.394 e. The summed E-state index contributed by atoms with van der Waals surface area (Å²) in [5.74, 6) is 0. The molecule has 1 unspecified atom stereocenters. The fraction of sp³-hybridized carbons (Fsp3) is 1.00. The molecular formula is C30H52O26. The van der Waals surface area contributed by atoms with Crippen molar-refractivity contribution < 1.29 is 129 Å². The molecule has 0 saturated carbocycles. The molecule has 26 nitrogen and oxygen atoms in total. The van der Waals surface area contributed by atoms with Crippen LogP contribution in [0.3, 0.4) is 0 Å². The van der Waals surface area contributed by atoms with E-state index in [1.807, 2.05) is 0 Å². The lowest BCUT2D eigenvalue weighted by molar-refractivity contribution is -0.395. The van der Waals surface area contributed by atoms with E-state index in [1.54, 1.807) is 0 Å². The van der Waals surface area contributed by atoms with E-state index in [0.29, 0.717) is 0 Å². The maximum Gasteiger partial charge on any atom is 0.187 e. The van der Waals surface area contributed by atoms with Gasteiger partial charge < -0.3 is 129 Å². The lowest BCUT2D eigenvalue weighted by Crippen LogP contribution is -2.68. The summed E-state index contributed by atoms with van der Waals surface area (Å²) in [6.07, 6.45) is -47.2. The predicted octanol–water partition coefficient (Wildman–Crippen LogP) is -11.9. The van der Waals surface area contributed by atoms with Crippen LogP contribution in [0.15, 0.2) is 0 Å². The number of hydrogen-bond acceptors (Lipinski definition) is 26. The van der Waals surface area contributed by atoms with Gasteiger partial charge in [0.1, 0.15) is 122 Å². The Kier molecular flexibility index (Phi) is 16.1. The maximum absolute atomic E-state index is 11.4. The monoisotopic (exact) mass is 828 g/mol. The minimum Gasteiger partial charge on any atom is -0.394 e. The lowest BCUT2D eigenvalue weighted by atomic mass is 9.95. The molecule has 5 fully saturated rings. The third kappa shape index (κ3) is 9.16. The van der Waals surface area contributed by atoms with Crippen molar-refractivity contribution in [3.63, 3.8) is 0 Å². The van der Waals surface area contributed by atoms with Gasteiger partial charge in [0.25, 0.3) is 0 Å². The second kappa shape index (κ2) is 19.6. The minimum absolute atomic E-state index is 0.837. The molecule has 0 aromatic carbocycles. The highest BCUT2D eigenvalue weighted by Gasteiger charge is 2.56. The van der Waals surface area contributed by atoms with Crippen LogP contribution in [-0.2, 0) is 42.6 Å². The van der Waals surface area contributed by atoms with Gasteiger partial charge in [0, 0.05) is 0 Å². The molecule has 5 heterocycles. The molecule has 5 saturated heterocycles. The van der Waals surface area contributed by atoms with Gasteiger partial charge in [-0.05, 0) is 0 Å². The maximum atomic E-state index is 11.4. The molecular weight excluding hydrogens is 776 g/mol. The first kappa shape index (κ1) is 46.0. The molecule has 328 valence electrons. The minimum atomic E-state index is -2.18. The zero-order valence-electron chi connectivity index (χ0n) is 29.2. The Labute approximate surface area is 316 Å². The van der Waals surface area contributed by atoms with Crippen LogP contribution in [0.2, 0.25) is 0 Å². The van der Waals surface area contributed by atoms with E-state index >= 15 is 0 Å². The number of aliphatic hydroxyl groups is 17. The van der Waals surface area contributed by atoms with Crippen LogP contribution < -0.4 is 0 Å². The Morgan fingerprint density at radius 1 is 0.268 bits per heavy atom. The van der Waals surface area contributed by atoms with Crippen LogP contribution in [0, 0.1) is 0 Å². The number of hydrogen-bond donors (Lipinski definition) is 17. The average Bonchev–Trinajstić information content (AvgIpc) is 3.18. The molecule has 5 aliphatic heterocycles. The molecule has 0 bridgehead atoms. The quantitative estimate of drug-likeness (QED) is 0.0819. The fourth-order valence-corrected chi connectivity index (χ4v) is 7.01. The molecule has 0 amide bonds. The van der Waals surface area contributed by atoms with E-state index in [1.165, 1.54) is 0 Å². The highest BCUT2D eigenvalue weighted by molar-refractivity contribution is 4.99. The van der Waals surface area contributed by atoms with E-state index in [4.69, 9.17) is 42.6 Å². The second-order valence-electron chi connectivity index (χ2n) is 13.9. The lowest BCUT2D eigenvalue weighted by Gasteiger charge is -2.49. The molecule has 5 rings (SSSR count). The van der Waals surface area contributed by atoms with Gasteiger partial charge in [0.15, 0.2) is 31.5 Å². The van der Waals surface area contributed by atoms with Crippen LogP contribution >= 0.6 is 0 Å². The van der Waals surface area contributed by atoms with Crippen molar-refractivity contribution in [1.82, 2.24) is 0 Å². The predicted molar refractivity (Wildman–Crippen MR) is 167 cm³/mol. The third-order valence-electron chi connectivity index (χ3n) is 10.3. The summed E-state index contributed by atoms with van der Waals surface area (Å²) in [7, 11) is 0. The van der Waals surface area contributed by atoms with Crippen molar-refractivity contribution in [3.05, 3.63) is 0 Å². The van der Waals surface area contributed by atoms with Crippen molar-refractivity contribution in [1.29, 1.82) is 0 Å². The molecule has 17 N–H and O–H groups in total. The Bertz CT molecular complexity index is 1210. The Morgan fingerprint density at radius 3 is 0.821 bits per heavy atom. The highest BCUT2D eigenvalue weighted by Crippen LogP contribution is 2.35. The van der Waals surface area contributed by atoms with Crippen molar-refractivity contribution in [2.75, 3.05) is 33.0 Å². The van der Waals surface area contributed by atoms with Gasteiger partial charge in [0.2, 0.25) is 0 Å². The summed E-state index contributed by atoms with van der Waals surface area (Å²) in [5.41, 5.74) is 0. The van der Waals surface area contributed by atoms with E-state index in [-0.39, 0.29) is 0 Å². The van der Waals surface area contributed by atoms with Crippen LogP contribution in [0.25, 0.3) is 0 Å². The molecule has 26 heteroatoms. The first-order valence-corrected chi connectivity index (χ1v) is 17.6. The number of aliphatic hydroxyl groups excluding tert-OH is 17. The van der Waals surface area contributed by atoms with Gasteiger partial charge >= 0.3 is 0 Å². The molecule has 0 aliphatic carbocycles. The van der Waals surface area contributed by atoms with Gasteiger partial charge in [-0.15, -0.1) is 0 Å². The summed E-state index contributed by atoms with van der Waals surface area (Å²) in [6, 6.07) is 0. The van der Waals surface area contributed by atoms with Crippen LogP contribution in [-0.4, -0.2) is 273 Å². The van der Waals surface area contributed by atoms with Gasteiger partial charge in [-0.1, -0.05) is 0 Å². The first-order chi connectivity index (χ1) is 26.5. The molecule has 25 atom stereocenters. The fourth-order valence-electron chi connectivity index (χ4n) is 7.01. The summed E-state index contributed by atoms with van der Waals surface area (Å²) in [6.45, 7) is -4.58. The van der Waals surface area contributed by atoms with E-state index < -0.39 is 187 Å². The Morgan fingerprint density at radius 2 is 0.518 bits per heavy atom. The van der Waals surface area contributed by atoms with Gasteiger partial charge in [-0.3, -0.25) is 0 Å². The normalized spacial score (nSPS) is 53.2. The summed E-state index contributed by atoms with van der Waals surface area (Å²) < 4.78 is 48.9. The molecule has 0 radical (unpaired) electrons. The van der Waals surface area contributed by atoms with E-state index in [9.17, 15) is 86.8 Å². The Hall–Kier alpha value is -1.04. The summed E-state index contributed by atoms with van der Waals surface area (Å²) in [5, 5.41) is 177. The molecule has 0 aromatic rings. The smallest absolute Gasteiger partial charge is 0.187 e. The van der Waals surface area contributed by atoms with E-state index in [2.05, 4.69) is 0 Å². The first-order valence-electron chi connectivity index (χ1n) is 17.6. The topological polar surface area (TPSA) is 427 Å². The van der Waals surface area contributed by atoms with Gasteiger partial charge in [0.05, 0.1) is 33.0 Å². The van der Waals surface area contributed by atoms with Crippen molar-refractivity contribution >= 4 is 0 Å². The van der Waals surface area contributed by atoms with Crippen LogP contribution in [0.4, 0.5) is 0 Å². The molecule has 5 aliphatic rings. The summed E-state index contributed by atoms with van der Waals surface area (Å²) in [4.78, 5) is 0. The average molecular weight is 829 g/mol. The zero-order valence-corrected chi connectivity index (χ0v) is 29.2. The van der Waals surface area contributed by atoms with Crippen molar-refractivity contribution in [2.24, 2.45) is 0 Å². The number of rotatable bonds is 13. The highest BCUT2D eigenvalue weighted by atomic mass is 16.8. The van der Waals surface area contributed by atoms with E-state index in [0.717, 1.165) is 0 Å². The van der Waals surface area contributed by atoms with Crippen molar-refractivity contribution in [2.45, 2.75) is 154 Å². The SMILES string of the molecule is OC[C@H]1O[C@@H](O[C@@H]2[C@@H](O)[C@H](O[C@@H]3[C@@H](O)[C@H](O[C@@H]4[C@@H](O)[C@H](O[C@H]5[C@H](O)[C@@H](CO)OC(O)[C@H]5O)O[C@H](CO)[C@H]4O)O[C@H](CO)[C@H]3O)O[C@H](CO)[C@H]2O)[C@H](O)[C@@H](O)[C@@H]1O. The molecule has 56 heavy (non-hydrogen) atoms.